The number of pyridine rings is 2. The molecule has 0 spiro atoms. The minimum atomic E-state index is 0.531. The lowest BCUT2D eigenvalue weighted by Gasteiger charge is -2.29. The number of hydrogen-bond donors (Lipinski definition) is 0. The summed E-state index contributed by atoms with van der Waals surface area (Å²) in [5.41, 5.74) is 5.04. The summed E-state index contributed by atoms with van der Waals surface area (Å²) >= 11 is 0. The van der Waals surface area contributed by atoms with Crippen LogP contribution in [0.5, 0.6) is 5.75 Å². The standard InChI is InChI=1S/C19H19N3O2/c1-2-18(10-20-5-1)24-14-17-9-21-8-16-12-22(6-3-19(16)17)11-15-4-7-23-13-15/h1-2,4-5,7-10,13H,3,6,11-12,14H2. The van der Waals surface area contributed by atoms with Gasteiger partial charge in [0.05, 0.1) is 18.7 Å². The van der Waals surface area contributed by atoms with Crippen molar-refractivity contribution in [3.63, 3.8) is 0 Å². The fourth-order valence-corrected chi connectivity index (χ4v) is 3.12. The topological polar surface area (TPSA) is 51.4 Å². The summed E-state index contributed by atoms with van der Waals surface area (Å²) in [7, 11) is 0. The molecule has 0 aromatic carbocycles. The maximum Gasteiger partial charge on any atom is 0.138 e. The number of hydrogen-bond acceptors (Lipinski definition) is 5. The van der Waals surface area contributed by atoms with Gasteiger partial charge in [0.2, 0.25) is 0 Å². The average Bonchev–Trinajstić information content (AvgIpc) is 3.13. The lowest BCUT2D eigenvalue weighted by Crippen LogP contribution is -2.30. The Morgan fingerprint density at radius 2 is 2.17 bits per heavy atom. The van der Waals surface area contributed by atoms with Gasteiger partial charge in [-0.15, -0.1) is 0 Å². The van der Waals surface area contributed by atoms with E-state index < -0.39 is 0 Å². The summed E-state index contributed by atoms with van der Waals surface area (Å²) in [4.78, 5) is 10.9. The molecule has 0 unspecified atom stereocenters. The van der Waals surface area contributed by atoms with Crippen molar-refractivity contribution < 1.29 is 9.15 Å². The van der Waals surface area contributed by atoms with E-state index in [0.717, 1.165) is 31.8 Å². The SMILES string of the molecule is c1cncc(OCc2cncc3c2CCN(Cc2ccoc2)C3)c1. The third-order valence-electron chi connectivity index (χ3n) is 4.32. The monoisotopic (exact) mass is 321 g/mol. The van der Waals surface area contributed by atoms with Gasteiger partial charge in [0, 0.05) is 49.4 Å². The zero-order valence-electron chi connectivity index (χ0n) is 13.4. The highest BCUT2D eigenvalue weighted by atomic mass is 16.5. The van der Waals surface area contributed by atoms with E-state index in [1.165, 1.54) is 22.3 Å². The lowest BCUT2D eigenvalue weighted by atomic mass is 9.97. The van der Waals surface area contributed by atoms with E-state index in [1.807, 2.05) is 36.9 Å². The summed E-state index contributed by atoms with van der Waals surface area (Å²) in [6.07, 6.45) is 11.9. The normalized spacial score (nSPS) is 14.3. The van der Waals surface area contributed by atoms with Gasteiger partial charge in [-0.25, -0.2) is 0 Å². The van der Waals surface area contributed by atoms with Crippen molar-refractivity contribution in [2.24, 2.45) is 0 Å². The van der Waals surface area contributed by atoms with Crippen LogP contribution in [0.15, 0.2) is 59.9 Å². The van der Waals surface area contributed by atoms with Gasteiger partial charge in [0.1, 0.15) is 12.4 Å². The molecule has 1 aliphatic heterocycles. The summed E-state index contributed by atoms with van der Waals surface area (Å²) in [5.74, 6) is 0.785. The van der Waals surface area contributed by atoms with E-state index in [0.29, 0.717) is 6.61 Å². The smallest absolute Gasteiger partial charge is 0.138 e. The van der Waals surface area contributed by atoms with Crippen LogP contribution in [0.1, 0.15) is 22.3 Å². The molecule has 0 saturated heterocycles. The quantitative estimate of drug-likeness (QED) is 0.722. The van der Waals surface area contributed by atoms with Crippen LogP contribution in [0, 0.1) is 0 Å². The Labute approximate surface area is 140 Å². The maximum absolute atomic E-state index is 5.84. The first-order valence-corrected chi connectivity index (χ1v) is 8.09. The van der Waals surface area contributed by atoms with Crippen LogP contribution in [0.3, 0.4) is 0 Å². The Morgan fingerprint density at radius 3 is 3.00 bits per heavy atom. The predicted octanol–water partition coefficient (Wildman–Crippen LogP) is 3.21. The highest BCUT2D eigenvalue weighted by Crippen LogP contribution is 2.24. The molecule has 3 aromatic rings. The third-order valence-corrected chi connectivity index (χ3v) is 4.32. The molecule has 0 radical (unpaired) electrons. The van der Waals surface area contributed by atoms with Crippen molar-refractivity contribution in [3.8, 4) is 5.75 Å². The first-order valence-electron chi connectivity index (χ1n) is 8.09. The Bertz CT molecular complexity index is 788. The molecule has 0 aliphatic carbocycles. The second-order valence-electron chi connectivity index (χ2n) is 6.01. The molecular formula is C19H19N3O2. The van der Waals surface area contributed by atoms with Crippen molar-refractivity contribution in [2.75, 3.05) is 6.54 Å². The molecule has 0 amide bonds. The van der Waals surface area contributed by atoms with Crippen molar-refractivity contribution in [3.05, 3.63) is 77.8 Å². The van der Waals surface area contributed by atoms with Crippen molar-refractivity contribution in [2.45, 2.75) is 26.1 Å². The molecule has 122 valence electrons. The third kappa shape index (κ3) is 3.31. The van der Waals surface area contributed by atoms with Crippen molar-refractivity contribution in [1.29, 1.82) is 0 Å². The number of aromatic nitrogens is 2. The number of nitrogens with zero attached hydrogens (tertiary/aromatic N) is 3. The first kappa shape index (κ1) is 14.9. The fraction of sp³-hybridized carbons (Fsp3) is 0.263. The van der Waals surface area contributed by atoms with Gasteiger partial charge in [-0.2, -0.15) is 0 Å². The molecule has 4 rings (SSSR count). The zero-order valence-corrected chi connectivity index (χ0v) is 13.4. The van der Waals surface area contributed by atoms with E-state index in [9.17, 15) is 0 Å². The van der Waals surface area contributed by atoms with Crippen LogP contribution in [0.4, 0.5) is 0 Å². The number of rotatable bonds is 5. The summed E-state index contributed by atoms with van der Waals surface area (Å²) in [6, 6.07) is 5.82. The number of ether oxygens (including phenoxy) is 1. The van der Waals surface area contributed by atoms with Gasteiger partial charge in [-0.3, -0.25) is 14.9 Å². The number of fused-ring (bicyclic) bond motifs is 1. The Hall–Kier alpha value is -2.66. The number of furan rings is 1. The Kier molecular flexibility index (Phi) is 4.25. The summed E-state index contributed by atoms with van der Waals surface area (Å²) < 4.78 is 11.0. The first-order chi connectivity index (χ1) is 11.9. The molecule has 0 N–H and O–H groups in total. The molecule has 4 heterocycles. The molecule has 3 aromatic heterocycles. The van der Waals surface area contributed by atoms with Crippen LogP contribution in [-0.2, 0) is 26.1 Å². The van der Waals surface area contributed by atoms with E-state index in [2.05, 4.69) is 14.9 Å². The maximum atomic E-state index is 5.84. The van der Waals surface area contributed by atoms with Gasteiger partial charge >= 0.3 is 0 Å². The van der Waals surface area contributed by atoms with Crippen LogP contribution >= 0.6 is 0 Å². The van der Waals surface area contributed by atoms with Crippen LogP contribution in [-0.4, -0.2) is 21.4 Å². The van der Waals surface area contributed by atoms with Crippen molar-refractivity contribution in [1.82, 2.24) is 14.9 Å². The van der Waals surface area contributed by atoms with Crippen LogP contribution in [0.25, 0.3) is 0 Å². The molecular weight excluding hydrogens is 302 g/mol. The largest absolute Gasteiger partial charge is 0.487 e. The van der Waals surface area contributed by atoms with Gasteiger partial charge in [-0.05, 0) is 35.7 Å². The molecule has 5 nitrogen and oxygen atoms in total. The lowest BCUT2D eigenvalue weighted by molar-refractivity contribution is 0.241. The Balaban J connectivity index is 1.45. The van der Waals surface area contributed by atoms with E-state index in [4.69, 9.17) is 9.15 Å². The van der Waals surface area contributed by atoms with Crippen LogP contribution < -0.4 is 4.74 Å². The second kappa shape index (κ2) is 6.84. The average molecular weight is 321 g/mol. The predicted molar refractivity (Wildman–Crippen MR) is 89.3 cm³/mol. The second-order valence-corrected chi connectivity index (χ2v) is 6.01. The van der Waals surface area contributed by atoms with Gasteiger partial charge in [0.15, 0.2) is 0 Å². The minimum Gasteiger partial charge on any atom is -0.487 e. The molecule has 0 bridgehead atoms. The molecule has 0 fully saturated rings. The van der Waals surface area contributed by atoms with Gasteiger partial charge in [0.25, 0.3) is 0 Å². The summed E-state index contributed by atoms with van der Waals surface area (Å²) in [5, 5.41) is 0. The Morgan fingerprint density at radius 1 is 1.17 bits per heavy atom. The highest BCUT2D eigenvalue weighted by molar-refractivity contribution is 5.34. The molecule has 24 heavy (non-hydrogen) atoms. The molecule has 0 atom stereocenters. The summed E-state index contributed by atoms with van der Waals surface area (Å²) in [6.45, 7) is 3.38. The van der Waals surface area contributed by atoms with Crippen LogP contribution in [0.2, 0.25) is 0 Å². The molecule has 1 aliphatic rings. The zero-order chi connectivity index (χ0) is 16.2. The minimum absolute atomic E-state index is 0.531. The fourth-order valence-electron chi connectivity index (χ4n) is 3.12. The highest BCUT2D eigenvalue weighted by Gasteiger charge is 2.19. The van der Waals surface area contributed by atoms with Crippen molar-refractivity contribution >= 4 is 0 Å². The van der Waals surface area contributed by atoms with Gasteiger partial charge in [-0.1, -0.05) is 0 Å². The molecule has 0 saturated carbocycles. The van der Waals surface area contributed by atoms with Gasteiger partial charge < -0.3 is 9.15 Å². The van der Waals surface area contributed by atoms with E-state index in [1.54, 1.807) is 18.7 Å². The van der Waals surface area contributed by atoms with E-state index in [-0.39, 0.29) is 0 Å². The molecule has 5 heteroatoms. The van der Waals surface area contributed by atoms with E-state index >= 15 is 0 Å².